The number of hydrogen-bond acceptors (Lipinski definition) is 5. The quantitative estimate of drug-likeness (QED) is 0.628. The third-order valence-electron chi connectivity index (χ3n) is 5.52. The van der Waals surface area contributed by atoms with Crippen LogP contribution in [0.5, 0.6) is 0 Å². The van der Waals surface area contributed by atoms with Crippen molar-refractivity contribution in [2.45, 2.75) is 65.1 Å². The lowest BCUT2D eigenvalue weighted by Crippen LogP contribution is -2.54. The van der Waals surface area contributed by atoms with Crippen molar-refractivity contribution in [2.24, 2.45) is 5.92 Å². The second kappa shape index (κ2) is 8.50. The van der Waals surface area contributed by atoms with Gasteiger partial charge in [0.15, 0.2) is 0 Å². The summed E-state index contributed by atoms with van der Waals surface area (Å²) in [5, 5.41) is 20.5. The fourth-order valence-corrected chi connectivity index (χ4v) is 5.75. The summed E-state index contributed by atoms with van der Waals surface area (Å²) in [7, 11) is 0. The molecular formula is C24H32N4OS. The van der Waals surface area contributed by atoms with E-state index in [1.807, 2.05) is 18.2 Å². The van der Waals surface area contributed by atoms with E-state index in [0.717, 1.165) is 16.9 Å². The Kier molecular flexibility index (Phi) is 6.37. The summed E-state index contributed by atoms with van der Waals surface area (Å²) < 4.78 is 0. The number of benzene rings is 1. The number of hydrogen-bond donors (Lipinski definition) is 3. The second-order valence-corrected chi connectivity index (χ2v) is 10.6. The Balaban J connectivity index is 1.76. The molecule has 0 saturated heterocycles. The van der Waals surface area contributed by atoms with E-state index in [4.69, 9.17) is 0 Å². The van der Waals surface area contributed by atoms with E-state index in [1.54, 1.807) is 0 Å². The van der Waals surface area contributed by atoms with Gasteiger partial charge in [0.1, 0.15) is 11.1 Å². The topological polar surface area (TPSA) is 77.0 Å². The van der Waals surface area contributed by atoms with Crippen molar-refractivity contribution in [1.82, 2.24) is 10.6 Å². The zero-order valence-corrected chi connectivity index (χ0v) is 19.5. The van der Waals surface area contributed by atoms with Crippen LogP contribution in [0.4, 0.5) is 5.00 Å². The maximum absolute atomic E-state index is 12.7. The molecule has 5 nitrogen and oxygen atoms in total. The summed E-state index contributed by atoms with van der Waals surface area (Å²) in [6, 6.07) is 12.6. The lowest BCUT2D eigenvalue weighted by Gasteiger charge is -2.42. The normalized spacial score (nSPS) is 17.8. The van der Waals surface area contributed by atoms with Gasteiger partial charge in [0.05, 0.1) is 12.1 Å². The molecule has 0 spiro atoms. The molecule has 1 aliphatic rings. The van der Waals surface area contributed by atoms with Crippen molar-refractivity contribution in [2.75, 3.05) is 11.9 Å². The summed E-state index contributed by atoms with van der Waals surface area (Å²) in [4.78, 5) is 13.9. The van der Waals surface area contributed by atoms with E-state index >= 15 is 0 Å². The Labute approximate surface area is 183 Å². The van der Waals surface area contributed by atoms with E-state index in [0.29, 0.717) is 16.5 Å². The van der Waals surface area contributed by atoms with Gasteiger partial charge in [-0.2, -0.15) is 5.26 Å². The highest BCUT2D eigenvalue weighted by Crippen LogP contribution is 2.44. The number of nitrogens with one attached hydrogen (secondary N) is 3. The molecule has 3 rings (SSSR count). The van der Waals surface area contributed by atoms with Gasteiger partial charge in [0.2, 0.25) is 5.91 Å². The first-order chi connectivity index (χ1) is 14.0. The Morgan fingerprint density at radius 1 is 1.23 bits per heavy atom. The maximum Gasteiger partial charge on any atom is 0.238 e. The van der Waals surface area contributed by atoms with Crippen molar-refractivity contribution in [3.63, 3.8) is 0 Å². The van der Waals surface area contributed by atoms with Gasteiger partial charge in [-0.15, -0.1) is 11.3 Å². The molecule has 3 N–H and O–H groups in total. The third-order valence-corrected chi connectivity index (χ3v) is 6.99. The number of amides is 1. The first-order valence-electron chi connectivity index (χ1n) is 10.5. The predicted octanol–water partition coefficient (Wildman–Crippen LogP) is 4.70. The molecule has 1 aliphatic heterocycles. The second-order valence-electron chi connectivity index (χ2n) is 9.60. The standard InChI is InChI=1S/C24H32N4OS/c1-15(2)20(16-10-8-7-9-11-16)26-14-19(29)27-22-18(13-25)17-12-23(3,4)28-24(5,6)21(17)30-22/h7-11,15,20,26,28H,12,14H2,1-6H3,(H,27,29)/t20-/m0/s1. The SMILES string of the molecule is CC(C)[C@H](NCC(=O)Nc1sc2c(c1C#N)CC(C)(C)NC2(C)C)c1ccccc1. The number of thiophene rings is 1. The molecule has 6 heteroatoms. The minimum atomic E-state index is -0.245. The predicted molar refractivity (Wildman–Crippen MR) is 124 cm³/mol. The molecule has 0 bridgehead atoms. The van der Waals surface area contributed by atoms with E-state index in [-0.39, 0.29) is 29.6 Å². The van der Waals surface area contributed by atoms with E-state index in [1.165, 1.54) is 16.9 Å². The number of rotatable bonds is 6. The molecule has 0 radical (unpaired) electrons. The number of carbonyl (C=O) groups excluding carboxylic acids is 1. The molecule has 1 aromatic heterocycles. The lowest BCUT2D eigenvalue weighted by atomic mass is 9.81. The molecule has 2 heterocycles. The summed E-state index contributed by atoms with van der Waals surface area (Å²) in [6.45, 7) is 13.0. The molecule has 0 unspecified atom stereocenters. The van der Waals surface area contributed by atoms with Crippen LogP contribution in [-0.2, 0) is 16.8 Å². The molecule has 1 amide bonds. The maximum atomic E-state index is 12.7. The van der Waals surface area contributed by atoms with Crippen LogP contribution in [0.2, 0.25) is 0 Å². The van der Waals surface area contributed by atoms with Crippen LogP contribution in [0.1, 0.15) is 69.2 Å². The Bertz CT molecular complexity index is 954. The van der Waals surface area contributed by atoms with Gasteiger partial charge in [0, 0.05) is 22.0 Å². The fourth-order valence-electron chi connectivity index (χ4n) is 4.51. The molecule has 0 aliphatic carbocycles. The molecule has 1 atom stereocenters. The van der Waals surface area contributed by atoms with Crippen LogP contribution >= 0.6 is 11.3 Å². The Morgan fingerprint density at radius 3 is 2.50 bits per heavy atom. The molecule has 30 heavy (non-hydrogen) atoms. The summed E-state index contributed by atoms with van der Waals surface area (Å²) >= 11 is 1.51. The van der Waals surface area contributed by atoms with Gasteiger partial charge >= 0.3 is 0 Å². The zero-order chi connectivity index (χ0) is 22.1. The first-order valence-corrected chi connectivity index (χ1v) is 11.3. The molecule has 0 saturated carbocycles. The number of nitrogens with zero attached hydrogens (tertiary/aromatic N) is 1. The van der Waals surface area contributed by atoms with Crippen molar-refractivity contribution >= 4 is 22.2 Å². The van der Waals surface area contributed by atoms with Gasteiger partial charge in [-0.1, -0.05) is 44.2 Å². The monoisotopic (exact) mass is 424 g/mol. The summed E-state index contributed by atoms with van der Waals surface area (Å²) in [5.74, 6) is 0.217. The molecular weight excluding hydrogens is 392 g/mol. The average molecular weight is 425 g/mol. The van der Waals surface area contributed by atoms with Crippen LogP contribution in [0.15, 0.2) is 30.3 Å². The highest BCUT2D eigenvalue weighted by atomic mass is 32.1. The molecule has 2 aromatic rings. The lowest BCUT2D eigenvalue weighted by molar-refractivity contribution is -0.115. The Hall–Kier alpha value is -2.20. The number of nitriles is 1. The summed E-state index contributed by atoms with van der Waals surface area (Å²) in [5.41, 5.74) is 2.48. The average Bonchev–Trinajstić information content (AvgIpc) is 2.98. The van der Waals surface area contributed by atoms with Crippen molar-refractivity contribution in [3.8, 4) is 6.07 Å². The van der Waals surface area contributed by atoms with E-state index < -0.39 is 0 Å². The van der Waals surface area contributed by atoms with Crippen LogP contribution in [0.25, 0.3) is 0 Å². The number of carbonyl (C=O) groups is 1. The zero-order valence-electron chi connectivity index (χ0n) is 18.7. The number of anilines is 1. The van der Waals surface area contributed by atoms with Crippen LogP contribution in [0.3, 0.4) is 0 Å². The van der Waals surface area contributed by atoms with Gasteiger partial charge in [-0.25, -0.2) is 0 Å². The molecule has 160 valence electrons. The Morgan fingerprint density at radius 2 is 1.90 bits per heavy atom. The third kappa shape index (κ3) is 4.75. The van der Waals surface area contributed by atoms with Crippen LogP contribution < -0.4 is 16.0 Å². The molecule has 1 aromatic carbocycles. The fraction of sp³-hybridized carbons (Fsp3) is 0.500. The first kappa shape index (κ1) is 22.5. The van der Waals surface area contributed by atoms with E-state index in [2.05, 4.69) is 75.7 Å². The smallest absolute Gasteiger partial charge is 0.238 e. The largest absolute Gasteiger partial charge is 0.315 e. The highest BCUT2D eigenvalue weighted by molar-refractivity contribution is 7.17. The van der Waals surface area contributed by atoms with Crippen molar-refractivity contribution in [3.05, 3.63) is 51.9 Å². The van der Waals surface area contributed by atoms with Crippen molar-refractivity contribution in [1.29, 1.82) is 5.26 Å². The van der Waals surface area contributed by atoms with Crippen LogP contribution in [0, 0.1) is 17.2 Å². The minimum absolute atomic E-state index is 0.0906. The number of fused-ring (bicyclic) bond motifs is 1. The van der Waals surface area contributed by atoms with Crippen molar-refractivity contribution < 1.29 is 4.79 Å². The highest BCUT2D eigenvalue weighted by Gasteiger charge is 2.40. The van der Waals surface area contributed by atoms with Gasteiger partial charge in [-0.3, -0.25) is 4.79 Å². The van der Waals surface area contributed by atoms with Crippen LogP contribution in [-0.4, -0.2) is 18.0 Å². The van der Waals surface area contributed by atoms with E-state index in [9.17, 15) is 10.1 Å². The molecule has 0 fully saturated rings. The van der Waals surface area contributed by atoms with Gasteiger partial charge < -0.3 is 16.0 Å². The summed E-state index contributed by atoms with van der Waals surface area (Å²) in [6.07, 6.45) is 0.767. The van der Waals surface area contributed by atoms with Gasteiger partial charge in [-0.05, 0) is 51.2 Å². The minimum Gasteiger partial charge on any atom is -0.315 e. The van der Waals surface area contributed by atoms with Gasteiger partial charge in [0.25, 0.3) is 0 Å².